The van der Waals surface area contributed by atoms with Gasteiger partial charge in [0.2, 0.25) is 0 Å². The Balaban J connectivity index is 2.31. The topological polar surface area (TPSA) is 138 Å². The Labute approximate surface area is 154 Å². The number of hydrogen-bond acceptors (Lipinski definition) is 6. The normalized spacial score (nSPS) is 15.2. The summed E-state index contributed by atoms with van der Waals surface area (Å²) in [6.07, 6.45) is 1.26. The van der Waals surface area contributed by atoms with E-state index in [9.17, 15) is 9.59 Å². The van der Waals surface area contributed by atoms with Gasteiger partial charge < -0.3 is 11.5 Å². The summed E-state index contributed by atoms with van der Waals surface area (Å²) in [6.45, 7) is 1.62. The molecular weight excluding hydrogens is 362 g/mol. The lowest BCUT2D eigenvalue weighted by Crippen LogP contribution is -2.44. The fraction of sp³-hybridized carbons (Fsp3) is 0.143. The molecule has 1 aliphatic rings. The number of carbonyl (C=O) groups is 2. The van der Waals surface area contributed by atoms with E-state index in [0.29, 0.717) is 11.1 Å². The lowest BCUT2D eigenvalue weighted by Gasteiger charge is -2.22. The van der Waals surface area contributed by atoms with Gasteiger partial charge >= 0.3 is 0 Å². The molecule has 2 rings (SSSR count). The number of nitrogens with zero attached hydrogens (tertiary/aromatic N) is 3. The van der Waals surface area contributed by atoms with Crippen LogP contribution in [0.2, 0.25) is 0 Å². The van der Waals surface area contributed by atoms with Gasteiger partial charge in [-0.3, -0.25) is 25.3 Å². The molecular formula is C14H15N7O2S2. The van der Waals surface area contributed by atoms with Crippen LogP contribution in [0, 0.1) is 0 Å². The fourth-order valence-corrected chi connectivity index (χ4v) is 2.30. The maximum atomic E-state index is 12.6. The molecule has 9 nitrogen and oxygen atoms in total. The van der Waals surface area contributed by atoms with E-state index in [1.807, 2.05) is 0 Å². The summed E-state index contributed by atoms with van der Waals surface area (Å²) in [6, 6.07) is 5.82. The van der Waals surface area contributed by atoms with Gasteiger partial charge in [-0.05, 0) is 43.5 Å². The summed E-state index contributed by atoms with van der Waals surface area (Å²) < 4.78 is 0. The van der Waals surface area contributed by atoms with Crippen LogP contribution >= 0.6 is 24.4 Å². The van der Waals surface area contributed by atoms with Crippen LogP contribution in [0.4, 0.5) is 0 Å². The predicted molar refractivity (Wildman–Crippen MR) is 102 cm³/mol. The van der Waals surface area contributed by atoms with Crippen molar-refractivity contribution in [2.75, 3.05) is 0 Å². The highest BCUT2D eigenvalue weighted by Gasteiger charge is 2.39. The standard InChI is InChI=1S/C14H15N7O2S2/c1-7(10(18-20-14(16)25)6-17-19-13(15)24)21-11(22)8-4-2-3-5-9(8)12(21)23/h2-7H,1H3,(H3,15,19,24)(H3,16,20,25)/t7-/m1/s1. The molecule has 1 atom stereocenters. The smallest absolute Gasteiger partial charge is 0.262 e. The number of nitrogens with two attached hydrogens (primary N) is 2. The van der Waals surface area contributed by atoms with Gasteiger partial charge in [0.25, 0.3) is 11.8 Å². The first-order valence-corrected chi connectivity index (χ1v) is 7.83. The summed E-state index contributed by atoms with van der Waals surface area (Å²) in [7, 11) is 0. The molecule has 0 aromatic heterocycles. The van der Waals surface area contributed by atoms with E-state index >= 15 is 0 Å². The van der Waals surface area contributed by atoms with E-state index < -0.39 is 17.9 Å². The zero-order valence-corrected chi connectivity index (χ0v) is 14.7. The third-order valence-electron chi connectivity index (χ3n) is 3.31. The highest BCUT2D eigenvalue weighted by molar-refractivity contribution is 7.80. The lowest BCUT2D eigenvalue weighted by atomic mass is 10.1. The summed E-state index contributed by atoms with van der Waals surface area (Å²) >= 11 is 9.35. The Kier molecular flexibility index (Phi) is 5.72. The average Bonchev–Trinajstić information content (AvgIpc) is 2.81. The zero-order valence-electron chi connectivity index (χ0n) is 13.1. The second-order valence-corrected chi connectivity index (χ2v) is 5.83. The first-order valence-electron chi connectivity index (χ1n) is 7.01. The van der Waals surface area contributed by atoms with E-state index in [1.165, 1.54) is 6.21 Å². The molecule has 1 aromatic rings. The number of imide groups is 1. The zero-order chi connectivity index (χ0) is 18.6. The minimum atomic E-state index is -0.744. The molecule has 0 saturated carbocycles. The Bertz CT molecular complexity index is 771. The molecule has 1 aromatic carbocycles. The van der Waals surface area contributed by atoms with Crippen molar-refractivity contribution in [2.45, 2.75) is 13.0 Å². The van der Waals surface area contributed by atoms with Crippen LogP contribution in [-0.4, -0.2) is 44.9 Å². The summed E-state index contributed by atoms with van der Waals surface area (Å²) in [5.74, 6) is -0.848. The molecule has 130 valence electrons. The average molecular weight is 377 g/mol. The fourth-order valence-electron chi connectivity index (χ4n) is 2.20. The second-order valence-electron chi connectivity index (χ2n) is 4.95. The Morgan fingerprint density at radius 3 is 2.12 bits per heavy atom. The SMILES string of the molecule is C[C@H](C(C=NNC(N)=S)=NNC(N)=S)N1C(=O)c2ccccc2C1=O. The van der Waals surface area contributed by atoms with Gasteiger partial charge in [-0.2, -0.15) is 10.2 Å². The third-order valence-corrected chi connectivity index (χ3v) is 3.49. The molecule has 0 bridgehead atoms. The van der Waals surface area contributed by atoms with Crippen molar-refractivity contribution in [3.63, 3.8) is 0 Å². The molecule has 0 spiro atoms. The van der Waals surface area contributed by atoms with Gasteiger partial charge in [-0.25, -0.2) is 0 Å². The van der Waals surface area contributed by atoms with Crippen LogP contribution in [0.1, 0.15) is 27.6 Å². The molecule has 0 fully saturated rings. The largest absolute Gasteiger partial charge is 0.375 e. The van der Waals surface area contributed by atoms with Gasteiger partial charge in [-0.1, -0.05) is 12.1 Å². The van der Waals surface area contributed by atoms with E-state index in [2.05, 4.69) is 33.3 Å². The summed E-state index contributed by atoms with van der Waals surface area (Å²) in [4.78, 5) is 26.2. The van der Waals surface area contributed by atoms with Crippen LogP contribution in [0.15, 0.2) is 34.5 Å². The number of hydrogen-bond donors (Lipinski definition) is 4. The highest BCUT2D eigenvalue weighted by atomic mass is 32.1. The summed E-state index contributed by atoms with van der Waals surface area (Å²) in [5.41, 5.74) is 16.3. The monoisotopic (exact) mass is 377 g/mol. The second kappa shape index (κ2) is 7.77. The number of nitrogens with one attached hydrogen (secondary N) is 2. The first kappa shape index (κ1) is 18.4. The highest BCUT2D eigenvalue weighted by Crippen LogP contribution is 2.24. The Morgan fingerprint density at radius 2 is 1.64 bits per heavy atom. The Hall–Kier alpha value is -2.92. The van der Waals surface area contributed by atoms with Crippen LogP contribution in [-0.2, 0) is 0 Å². The molecule has 0 aliphatic carbocycles. The first-order chi connectivity index (χ1) is 11.8. The van der Waals surface area contributed by atoms with E-state index in [4.69, 9.17) is 23.7 Å². The number of fused-ring (bicyclic) bond motifs is 1. The van der Waals surface area contributed by atoms with Gasteiger partial charge in [0.05, 0.1) is 23.4 Å². The van der Waals surface area contributed by atoms with Gasteiger partial charge in [0, 0.05) is 0 Å². The molecule has 1 heterocycles. The molecule has 6 N–H and O–H groups in total. The number of carbonyl (C=O) groups excluding carboxylic acids is 2. The number of benzene rings is 1. The number of amides is 2. The van der Waals surface area contributed by atoms with Crippen molar-refractivity contribution in [3.8, 4) is 0 Å². The van der Waals surface area contributed by atoms with E-state index in [0.717, 1.165) is 4.90 Å². The van der Waals surface area contributed by atoms with E-state index in [1.54, 1.807) is 31.2 Å². The molecule has 11 heteroatoms. The molecule has 0 unspecified atom stereocenters. The maximum absolute atomic E-state index is 12.6. The van der Waals surface area contributed by atoms with Crippen LogP contribution in [0.5, 0.6) is 0 Å². The van der Waals surface area contributed by atoms with E-state index in [-0.39, 0.29) is 15.9 Å². The summed E-state index contributed by atoms with van der Waals surface area (Å²) in [5, 5.41) is 7.64. The minimum absolute atomic E-state index is 0.0497. The van der Waals surface area contributed by atoms with Crippen molar-refractivity contribution < 1.29 is 9.59 Å². The third kappa shape index (κ3) is 4.14. The molecule has 0 radical (unpaired) electrons. The van der Waals surface area contributed by atoms with Gasteiger partial charge in [0.1, 0.15) is 5.71 Å². The maximum Gasteiger partial charge on any atom is 0.262 e. The lowest BCUT2D eigenvalue weighted by molar-refractivity contribution is 0.0636. The van der Waals surface area contributed by atoms with Crippen LogP contribution in [0.3, 0.4) is 0 Å². The van der Waals surface area contributed by atoms with Crippen molar-refractivity contribution in [3.05, 3.63) is 35.4 Å². The molecule has 2 amide bonds. The van der Waals surface area contributed by atoms with Gasteiger partial charge in [-0.15, -0.1) is 0 Å². The van der Waals surface area contributed by atoms with Crippen LogP contribution < -0.4 is 22.3 Å². The number of hydrazone groups is 2. The molecule has 25 heavy (non-hydrogen) atoms. The predicted octanol–water partition coefficient (Wildman–Crippen LogP) is -0.321. The van der Waals surface area contributed by atoms with Gasteiger partial charge in [0.15, 0.2) is 10.2 Å². The van der Waals surface area contributed by atoms with Crippen molar-refractivity contribution in [1.82, 2.24) is 15.8 Å². The Morgan fingerprint density at radius 1 is 1.12 bits per heavy atom. The number of rotatable bonds is 5. The van der Waals surface area contributed by atoms with Crippen molar-refractivity contribution in [1.29, 1.82) is 0 Å². The minimum Gasteiger partial charge on any atom is -0.375 e. The quantitative estimate of drug-likeness (QED) is 0.237. The van der Waals surface area contributed by atoms with Crippen molar-refractivity contribution >= 4 is 58.4 Å². The van der Waals surface area contributed by atoms with Crippen LogP contribution in [0.25, 0.3) is 0 Å². The molecule has 0 saturated heterocycles. The van der Waals surface area contributed by atoms with Crippen molar-refractivity contribution in [2.24, 2.45) is 21.7 Å². The molecule has 1 aliphatic heterocycles. The number of thiocarbonyl (C=S) groups is 2.